The Morgan fingerprint density at radius 1 is 1.15 bits per heavy atom. The third kappa shape index (κ3) is 3.16. The molecule has 0 aromatic heterocycles. The highest BCUT2D eigenvalue weighted by molar-refractivity contribution is 7.99. The van der Waals surface area contributed by atoms with Crippen LogP contribution in [0.4, 0.5) is 4.39 Å². The molecule has 0 saturated carbocycles. The fourth-order valence-electron chi connectivity index (χ4n) is 1.84. The zero-order valence-corrected chi connectivity index (χ0v) is 13.2. The Hall–Kier alpha value is -0.640. The van der Waals surface area contributed by atoms with Gasteiger partial charge in [0.25, 0.3) is 0 Å². The van der Waals surface area contributed by atoms with E-state index in [2.05, 4.69) is 0 Å². The van der Waals surface area contributed by atoms with Gasteiger partial charge >= 0.3 is 0 Å². The molecule has 0 N–H and O–H groups in total. The summed E-state index contributed by atoms with van der Waals surface area (Å²) >= 11 is 1.63. The van der Waals surface area contributed by atoms with Gasteiger partial charge in [-0.15, -0.1) is 0 Å². The van der Waals surface area contributed by atoms with Gasteiger partial charge in [0, 0.05) is 30.9 Å². The lowest BCUT2D eigenvalue weighted by Gasteiger charge is -2.25. The Morgan fingerprint density at radius 3 is 2.30 bits per heavy atom. The van der Waals surface area contributed by atoms with Gasteiger partial charge in [0.15, 0.2) is 9.84 Å². The van der Waals surface area contributed by atoms with Gasteiger partial charge in [-0.2, -0.15) is 16.1 Å². The first kappa shape index (κ1) is 15.7. The molecule has 1 aliphatic rings. The Kier molecular flexibility index (Phi) is 4.43. The standard InChI is InChI=1S/C11H14FNO4S3/c1-19(14,15)9-2-3-10(12)11(8-9)20(16,17)13-4-6-18-7-5-13/h2-3,8H,4-7H2,1H3. The summed E-state index contributed by atoms with van der Waals surface area (Å²) in [5, 5.41) is 0. The van der Waals surface area contributed by atoms with E-state index < -0.39 is 30.6 Å². The van der Waals surface area contributed by atoms with E-state index in [0.29, 0.717) is 24.6 Å². The Morgan fingerprint density at radius 2 is 1.75 bits per heavy atom. The minimum Gasteiger partial charge on any atom is -0.224 e. The summed E-state index contributed by atoms with van der Waals surface area (Å²) in [6.07, 6.45) is 0.953. The van der Waals surface area contributed by atoms with Crippen LogP contribution in [0.3, 0.4) is 0 Å². The molecule has 0 unspecified atom stereocenters. The van der Waals surface area contributed by atoms with Crippen molar-refractivity contribution in [1.82, 2.24) is 4.31 Å². The molecule has 1 saturated heterocycles. The van der Waals surface area contributed by atoms with Gasteiger partial charge < -0.3 is 0 Å². The molecular weight excluding hydrogens is 325 g/mol. The molecule has 5 nitrogen and oxygen atoms in total. The monoisotopic (exact) mass is 339 g/mol. The number of benzene rings is 1. The maximum atomic E-state index is 13.8. The third-order valence-electron chi connectivity index (χ3n) is 2.92. The van der Waals surface area contributed by atoms with Crippen LogP contribution in [0.2, 0.25) is 0 Å². The zero-order valence-electron chi connectivity index (χ0n) is 10.7. The lowest BCUT2D eigenvalue weighted by Crippen LogP contribution is -2.38. The highest BCUT2D eigenvalue weighted by Gasteiger charge is 2.29. The smallest absolute Gasteiger partial charge is 0.224 e. The molecule has 0 spiro atoms. The molecule has 0 radical (unpaired) electrons. The second-order valence-electron chi connectivity index (χ2n) is 4.38. The van der Waals surface area contributed by atoms with Crippen LogP contribution >= 0.6 is 11.8 Å². The van der Waals surface area contributed by atoms with E-state index in [9.17, 15) is 21.2 Å². The largest absolute Gasteiger partial charge is 0.246 e. The van der Waals surface area contributed by atoms with E-state index in [0.717, 1.165) is 24.5 Å². The molecule has 0 bridgehead atoms. The van der Waals surface area contributed by atoms with Crippen LogP contribution < -0.4 is 0 Å². The molecule has 112 valence electrons. The van der Waals surface area contributed by atoms with Gasteiger partial charge in [-0.25, -0.2) is 21.2 Å². The summed E-state index contributed by atoms with van der Waals surface area (Å²) in [5.74, 6) is 0.356. The number of sulfone groups is 1. The quantitative estimate of drug-likeness (QED) is 0.767. The Bertz CT molecular complexity index is 709. The van der Waals surface area contributed by atoms with Gasteiger partial charge in [-0.3, -0.25) is 0 Å². The first-order valence-corrected chi connectivity index (χ1v) is 10.3. The molecule has 20 heavy (non-hydrogen) atoms. The molecule has 9 heteroatoms. The van der Waals surface area contributed by atoms with E-state index in [1.807, 2.05) is 0 Å². The van der Waals surface area contributed by atoms with Crippen molar-refractivity contribution in [2.24, 2.45) is 0 Å². The van der Waals surface area contributed by atoms with Crippen molar-refractivity contribution < 1.29 is 21.2 Å². The lowest BCUT2D eigenvalue weighted by atomic mass is 10.3. The van der Waals surface area contributed by atoms with Crippen LogP contribution in [0, 0.1) is 5.82 Å². The summed E-state index contributed by atoms with van der Waals surface area (Å²) in [6.45, 7) is 0.602. The fraction of sp³-hybridized carbons (Fsp3) is 0.455. The van der Waals surface area contributed by atoms with Crippen LogP contribution in [0.5, 0.6) is 0 Å². The number of hydrogen-bond acceptors (Lipinski definition) is 5. The number of thioether (sulfide) groups is 1. The highest BCUT2D eigenvalue weighted by atomic mass is 32.2. The summed E-state index contributed by atoms with van der Waals surface area (Å²) in [4.78, 5) is -0.781. The summed E-state index contributed by atoms with van der Waals surface area (Å²) in [5.41, 5.74) is 0. The van der Waals surface area contributed by atoms with Crippen molar-refractivity contribution in [2.45, 2.75) is 9.79 Å². The number of hydrogen-bond donors (Lipinski definition) is 0. The molecule has 1 aromatic carbocycles. The van der Waals surface area contributed by atoms with Gasteiger partial charge in [0.05, 0.1) is 4.90 Å². The second kappa shape index (κ2) is 5.63. The van der Waals surface area contributed by atoms with Gasteiger partial charge in [0.1, 0.15) is 10.7 Å². The third-order valence-corrected chi connectivity index (χ3v) is 6.89. The van der Waals surface area contributed by atoms with Crippen molar-refractivity contribution in [3.63, 3.8) is 0 Å². The van der Waals surface area contributed by atoms with Crippen LogP contribution in [0.25, 0.3) is 0 Å². The molecule has 1 fully saturated rings. The minimum absolute atomic E-state index is 0.205. The molecule has 1 aromatic rings. The SMILES string of the molecule is CS(=O)(=O)c1ccc(F)c(S(=O)(=O)N2CCSCC2)c1. The zero-order chi connectivity index (χ0) is 15.0. The van der Waals surface area contributed by atoms with E-state index in [1.165, 1.54) is 4.31 Å². The highest BCUT2D eigenvalue weighted by Crippen LogP contribution is 2.25. The normalized spacial score (nSPS) is 18.1. The lowest BCUT2D eigenvalue weighted by molar-refractivity contribution is 0.438. The maximum absolute atomic E-state index is 13.8. The van der Waals surface area contributed by atoms with Crippen LogP contribution in [0.15, 0.2) is 28.0 Å². The minimum atomic E-state index is -3.99. The second-order valence-corrected chi connectivity index (χ2v) is 9.53. The molecule has 0 atom stereocenters. The average Bonchev–Trinajstić information content (AvgIpc) is 2.38. The summed E-state index contributed by atoms with van der Waals surface area (Å²) in [6, 6.07) is 2.83. The number of halogens is 1. The molecule has 1 aliphatic heterocycles. The van der Waals surface area contributed by atoms with E-state index in [4.69, 9.17) is 0 Å². The molecule has 2 rings (SSSR count). The van der Waals surface area contributed by atoms with Gasteiger partial charge in [-0.1, -0.05) is 0 Å². The number of rotatable bonds is 3. The topological polar surface area (TPSA) is 71.5 Å². The van der Waals surface area contributed by atoms with Crippen LogP contribution in [0.1, 0.15) is 0 Å². The fourth-order valence-corrected chi connectivity index (χ4v) is 5.23. The van der Waals surface area contributed by atoms with Gasteiger partial charge in [-0.05, 0) is 18.2 Å². The predicted octanol–water partition coefficient (Wildman–Crippen LogP) is 0.967. The Balaban J connectivity index is 2.50. The van der Waals surface area contributed by atoms with E-state index in [-0.39, 0.29) is 4.90 Å². The molecule has 0 aliphatic carbocycles. The van der Waals surface area contributed by atoms with Gasteiger partial charge in [0.2, 0.25) is 10.0 Å². The van der Waals surface area contributed by atoms with E-state index in [1.54, 1.807) is 11.8 Å². The average molecular weight is 339 g/mol. The number of nitrogens with zero attached hydrogens (tertiary/aromatic N) is 1. The van der Waals surface area contributed by atoms with Crippen molar-refractivity contribution >= 4 is 31.6 Å². The molecule has 0 amide bonds. The van der Waals surface area contributed by atoms with Crippen molar-refractivity contribution in [1.29, 1.82) is 0 Å². The molecule has 1 heterocycles. The van der Waals surface area contributed by atoms with Crippen LogP contribution in [-0.2, 0) is 19.9 Å². The summed E-state index contributed by atoms with van der Waals surface area (Å²) < 4.78 is 62.7. The first-order valence-electron chi connectivity index (χ1n) is 5.80. The predicted molar refractivity (Wildman–Crippen MR) is 75.6 cm³/mol. The van der Waals surface area contributed by atoms with Crippen molar-refractivity contribution in [2.75, 3.05) is 30.9 Å². The van der Waals surface area contributed by atoms with E-state index >= 15 is 0 Å². The summed E-state index contributed by atoms with van der Waals surface area (Å²) in [7, 11) is -7.58. The van der Waals surface area contributed by atoms with Crippen molar-refractivity contribution in [3.8, 4) is 0 Å². The Labute approximate surface area is 122 Å². The maximum Gasteiger partial charge on any atom is 0.246 e. The molecular formula is C11H14FNO4S3. The number of sulfonamides is 1. The van der Waals surface area contributed by atoms with Crippen molar-refractivity contribution in [3.05, 3.63) is 24.0 Å². The first-order chi connectivity index (χ1) is 9.23. The van der Waals surface area contributed by atoms with Crippen LogP contribution in [-0.4, -0.2) is 52.0 Å².